The van der Waals surface area contributed by atoms with Crippen molar-refractivity contribution in [2.45, 2.75) is 13.3 Å². The Kier molecular flexibility index (Phi) is 7.75. The SMILES string of the molecule is CC(=O)N1CCN(c2nc(OCCCN(C)C)nc3c(F)c(-c4c(O)cccc4F)c(Cl)cc23)CC1. The highest BCUT2D eigenvalue weighted by Crippen LogP contribution is 2.42. The molecule has 2 heterocycles. The van der Waals surface area contributed by atoms with E-state index in [2.05, 4.69) is 9.97 Å². The maximum absolute atomic E-state index is 16.0. The zero-order valence-electron chi connectivity index (χ0n) is 20.4. The normalized spacial score (nSPS) is 14.1. The lowest BCUT2D eigenvalue weighted by Gasteiger charge is -2.35. The number of nitrogens with zero attached hydrogens (tertiary/aromatic N) is 5. The molecule has 1 fully saturated rings. The third kappa shape index (κ3) is 5.29. The lowest BCUT2D eigenvalue weighted by molar-refractivity contribution is -0.129. The number of aromatic nitrogens is 2. The van der Waals surface area contributed by atoms with E-state index in [0.717, 1.165) is 12.6 Å². The summed E-state index contributed by atoms with van der Waals surface area (Å²) >= 11 is 6.45. The Morgan fingerprint density at radius 1 is 1.17 bits per heavy atom. The number of hydrogen-bond acceptors (Lipinski definition) is 7. The van der Waals surface area contributed by atoms with Crippen LogP contribution in [0.2, 0.25) is 5.02 Å². The van der Waals surface area contributed by atoms with Crippen LogP contribution in [0, 0.1) is 11.6 Å². The first kappa shape index (κ1) is 25.8. The summed E-state index contributed by atoms with van der Waals surface area (Å²) in [6.45, 7) is 4.53. The number of aromatic hydroxyl groups is 1. The van der Waals surface area contributed by atoms with Gasteiger partial charge in [-0.2, -0.15) is 9.97 Å². The molecule has 0 aliphatic carbocycles. The summed E-state index contributed by atoms with van der Waals surface area (Å²) in [7, 11) is 3.90. The van der Waals surface area contributed by atoms with Crippen LogP contribution >= 0.6 is 11.6 Å². The Morgan fingerprint density at radius 3 is 2.53 bits per heavy atom. The first-order valence-corrected chi connectivity index (χ1v) is 12.0. The Hall–Kier alpha value is -3.24. The fourth-order valence-corrected chi connectivity index (χ4v) is 4.52. The molecule has 0 unspecified atom stereocenters. The first-order valence-electron chi connectivity index (χ1n) is 11.6. The van der Waals surface area contributed by atoms with Gasteiger partial charge in [-0.15, -0.1) is 0 Å². The molecule has 0 saturated carbocycles. The first-order chi connectivity index (χ1) is 17.2. The van der Waals surface area contributed by atoms with Gasteiger partial charge in [-0.25, -0.2) is 8.78 Å². The molecule has 0 radical (unpaired) electrons. The van der Waals surface area contributed by atoms with Crippen molar-refractivity contribution in [3.05, 3.63) is 40.9 Å². The Labute approximate surface area is 213 Å². The molecule has 192 valence electrons. The van der Waals surface area contributed by atoms with Gasteiger partial charge in [0.25, 0.3) is 0 Å². The van der Waals surface area contributed by atoms with Crippen LogP contribution in [0.3, 0.4) is 0 Å². The zero-order chi connectivity index (χ0) is 26.0. The predicted molar refractivity (Wildman–Crippen MR) is 135 cm³/mol. The minimum Gasteiger partial charge on any atom is -0.507 e. The van der Waals surface area contributed by atoms with Gasteiger partial charge >= 0.3 is 6.01 Å². The van der Waals surface area contributed by atoms with E-state index in [9.17, 15) is 14.3 Å². The second-order valence-corrected chi connectivity index (χ2v) is 9.31. The van der Waals surface area contributed by atoms with Crippen LogP contribution in [0.25, 0.3) is 22.0 Å². The van der Waals surface area contributed by atoms with Crippen LogP contribution < -0.4 is 9.64 Å². The molecular formula is C25H28ClF2N5O3. The molecule has 1 aliphatic heterocycles. The molecular weight excluding hydrogens is 492 g/mol. The van der Waals surface area contributed by atoms with Crippen LogP contribution in [0.15, 0.2) is 24.3 Å². The van der Waals surface area contributed by atoms with E-state index < -0.39 is 17.4 Å². The lowest BCUT2D eigenvalue weighted by Crippen LogP contribution is -2.48. The summed E-state index contributed by atoms with van der Waals surface area (Å²) in [6.07, 6.45) is 0.707. The van der Waals surface area contributed by atoms with Gasteiger partial charge in [-0.3, -0.25) is 4.79 Å². The topological polar surface area (TPSA) is 82.0 Å². The number of rotatable bonds is 7. The number of anilines is 1. The highest BCUT2D eigenvalue weighted by Gasteiger charge is 2.27. The molecule has 3 aromatic rings. The predicted octanol–water partition coefficient (Wildman–Crippen LogP) is 3.93. The average Bonchev–Trinajstić information content (AvgIpc) is 2.83. The molecule has 0 atom stereocenters. The summed E-state index contributed by atoms with van der Waals surface area (Å²) in [4.78, 5) is 26.3. The van der Waals surface area contributed by atoms with E-state index in [4.69, 9.17) is 16.3 Å². The van der Waals surface area contributed by atoms with Crippen molar-refractivity contribution in [1.82, 2.24) is 19.8 Å². The number of benzene rings is 2. The highest BCUT2D eigenvalue weighted by atomic mass is 35.5. The number of phenolic OH excluding ortho intramolecular Hbond substituents is 1. The van der Waals surface area contributed by atoms with Gasteiger partial charge in [0.2, 0.25) is 5.91 Å². The molecule has 4 rings (SSSR count). The number of ether oxygens (including phenoxy) is 1. The van der Waals surface area contributed by atoms with Crippen molar-refractivity contribution >= 4 is 34.2 Å². The van der Waals surface area contributed by atoms with Crippen molar-refractivity contribution in [2.24, 2.45) is 0 Å². The van der Waals surface area contributed by atoms with Gasteiger partial charge in [-0.1, -0.05) is 17.7 Å². The van der Waals surface area contributed by atoms with Crippen LogP contribution in [0.4, 0.5) is 14.6 Å². The van der Waals surface area contributed by atoms with Crippen LogP contribution in [-0.4, -0.2) is 84.2 Å². The van der Waals surface area contributed by atoms with Crippen molar-refractivity contribution in [3.63, 3.8) is 0 Å². The molecule has 0 spiro atoms. The summed E-state index contributed by atoms with van der Waals surface area (Å²) in [6, 6.07) is 5.16. The van der Waals surface area contributed by atoms with Gasteiger partial charge in [0, 0.05) is 50.6 Å². The van der Waals surface area contributed by atoms with E-state index in [0.29, 0.717) is 50.4 Å². The van der Waals surface area contributed by atoms with E-state index in [-0.39, 0.29) is 33.6 Å². The number of halogens is 3. The second-order valence-electron chi connectivity index (χ2n) is 8.91. The summed E-state index contributed by atoms with van der Waals surface area (Å²) in [5.74, 6) is -1.75. The third-order valence-corrected chi connectivity index (χ3v) is 6.39. The average molecular weight is 520 g/mol. The van der Waals surface area contributed by atoms with Crippen LogP contribution in [-0.2, 0) is 4.79 Å². The van der Waals surface area contributed by atoms with Gasteiger partial charge in [0.15, 0.2) is 5.82 Å². The highest BCUT2D eigenvalue weighted by molar-refractivity contribution is 6.34. The molecule has 1 saturated heterocycles. The molecule has 0 bridgehead atoms. The molecule has 8 nitrogen and oxygen atoms in total. The molecule has 1 aliphatic rings. The fraction of sp³-hybridized carbons (Fsp3) is 0.400. The monoisotopic (exact) mass is 519 g/mol. The van der Waals surface area contributed by atoms with E-state index in [1.165, 1.54) is 25.1 Å². The van der Waals surface area contributed by atoms with E-state index in [1.54, 1.807) is 4.90 Å². The van der Waals surface area contributed by atoms with Gasteiger partial charge in [0.1, 0.15) is 22.9 Å². The Balaban J connectivity index is 1.82. The molecule has 1 aromatic heterocycles. The summed E-state index contributed by atoms with van der Waals surface area (Å²) in [5.41, 5.74) is -0.728. The molecule has 1 N–H and O–H groups in total. The smallest absolute Gasteiger partial charge is 0.319 e. The largest absolute Gasteiger partial charge is 0.507 e. The number of hydrogen-bond donors (Lipinski definition) is 1. The number of carbonyl (C=O) groups excluding carboxylic acids is 1. The lowest BCUT2D eigenvalue weighted by atomic mass is 10.0. The molecule has 36 heavy (non-hydrogen) atoms. The zero-order valence-corrected chi connectivity index (χ0v) is 21.1. The number of piperazine rings is 1. The standard InChI is InChI=1S/C25H28ClF2N5O3/c1-15(34)32-9-11-33(12-10-32)24-16-14-17(26)20(21-18(27)6-4-7-19(21)35)22(28)23(16)29-25(30-24)36-13-5-8-31(2)3/h4,6-7,14,35H,5,8-13H2,1-3H3. The van der Waals surface area contributed by atoms with Gasteiger partial charge < -0.3 is 24.5 Å². The third-order valence-electron chi connectivity index (χ3n) is 6.09. The summed E-state index contributed by atoms with van der Waals surface area (Å²) in [5, 5.41) is 10.5. The number of phenols is 1. The maximum Gasteiger partial charge on any atom is 0.319 e. The quantitative estimate of drug-likeness (QED) is 0.474. The number of carbonyl (C=O) groups is 1. The minimum atomic E-state index is -0.887. The van der Waals surface area contributed by atoms with Crippen molar-refractivity contribution in [1.29, 1.82) is 0 Å². The maximum atomic E-state index is 16.0. The van der Waals surface area contributed by atoms with Gasteiger partial charge in [0.05, 0.1) is 17.2 Å². The van der Waals surface area contributed by atoms with Crippen molar-refractivity contribution in [3.8, 4) is 22.9 Å². The Morgan fingerprint density at radius 2 is 1.89 bits per heavy atom. The molecule has 1 amide bonds. The van der Waals surface area contributed by atoms with Crippen LogP contribution in [0.1, 0.15) is 13.3 Å². The Bertz CT molecular complexity index is 1260. The molecule has 11 heteroatoms. The van der Waals surface area contributed by atoms with Crippen LogP contribution in [0.5, 0.6) is 11.8 Å². The second kappa shape index (κ2) is 10.8. The molecule has 2 aromatic carbocycles. The van der Waals surface area contributed by atoms with Crippen molar-refractivity contribution in [2.75, 3.05) is 58.3 Å². The fourth-order valence-electron chi connectivity index (χ4n) is 4.23. The summed E-state index contributed by atoms with van der Waals surface area (Å²) < 4.78 is 36.4. The van der Waals surface area contributed by atoms with E-state index >= 15 is 4.39 Å². The van der Waals surface area contributed by atoms with Crippen molar-refractivity contribution < 1.29 is 23.4 Å². The minimum absolute atomic E-state index is 0.0180. The number of fused-ring (bicyclic) bond motifs is 1. The number of amides is 1. The van der Waals surface area contributed by atoms with Gasteiger partial charge in [-0.05, 0) is 38.7 Å². The van der Waals surface area contributed by atoms with E-state index in [1.807, 2.05) is 23.9 Å².